The molecule has 0 spiro atoms. The van der Waals surface area contributed by atoms with Crippen molar-refractivity contribution in [3.63, 3.8) is 0 Å². The van der Waals surface area contributed by atoms with Gasteiger partial charge >= 0.3 is 0 Å². The Balaban J connectivity index is 1.86. The van der Waals surface area contributed by atoms with Crippen LogP contribution in [0.3, 0.4) is 0 Å². The van der Waals surface area contributed by atoms with Crippen LogP contribution in [-0.2, 0) is 6.54 Å². The number of amidine groups is 1. The lowest BCUT2D eigenvalue weighted by Crippen LogP contribution is -2.37. The molecule has 2 aromatic rings. The third kappa shape index (κ3) is 7.08. The molecule has 3 N–H and O–H groups in total. The molecule has 36 heavy (non-hydrogen) atoms. The molecule has 0 bridgehead atoms. The summed E-state index contributed by atoms with van der Waals surface area (Å²) in [5.74, 6) is 1.47. The Morgan fingerprint density at radius 2 is 2.00 bits per heavy atom. The monoisotopic (exact) mass is 483 g/mol. The van der Waals surface area contributed by atoms with Crippen molar-refractivity contribution in [3.05, 3.63) is 108 Å². The molecule has 1 aromatic carbocycles. The van der Waals surface area contributed by atoms with E-state index in [0.717, 1.165) is 34.8 Å². The Bertz CT molecular complexity index is 1170. The Hall–Kier alpha value is -3.86. The zero-order chi connectivity index (χ0) is 25.9. The molecule has 0 radical (unpaired) electrons. The van der Waals surface area contributed by atoms with Crippen molar-refractivity contribution in [3.8, 4) is 11.3 Å². The van der Waals surface area contributed by atoms with Gasteiger partial charge in [-0.3, -0.25) is 4.98 Å². The molecular formula is C30H37N5O. The van der Waals surface area contributed by atoms with Gasteiger partial charge in [-0.05, 0) is 57.0 Å². The molecule has 1 aliphatic heterocycles. The van der Waals surface area contributed by atoms with Gasteiger partial charge in [0.15, 0.2) is 0 Å². The second-order valence-electron chi connectivity index (χ2n) is 8.90. The third-order valence-corrected chi connectivity index (χ3v) is 5.93. The van der Waals surface area contributed by atoms with Crippen molar-refractivity contribution in [1.29, 1.82) is 0 Å². The van der Waals surface area contributed by atoms with E-state index in [1.807, 2.05) is 49.7 Å². The van der Waals surface area contributed by atoms with Crippen LogP contribution >= 0.6 is 0 Å². The second-order valence-corrected chi connectivity index (χ2v) is 8.90. The number of benzene rings is 1. The van der Waals surface area contributed by atoms with Gasteiger partial charge in [0.05, 0.1) is 18.3 Å². The van der Waals surface area contributed by atoms with Crippen LogP contribution in [-0.4, -0.2) is 39.5 Å². The van der Waals surface area contributed by atoms with Gasteiger partial charge < -0.3 is 20.6 Å². The fourth-order valence-corrected chi connectivity index (χ4v) is 3.74. The standard InChI is InChI=1S/C30H37N5O/c1-6-11-29(33-26(7-2)21-36)34-30-27(12-10-19-35(30)22(3)4)23(5)32-20-24-14-16-25(17-15-24)28-13-8-9-18-31-28/h6,8-9,11-19,22,26,32-33,36H,1,7,20-21H2,2-5H3/b27-23+,29-11+,34-30+/t26-/m1/s1. The molecule has 6 heteroatoms. The van der Waals surface area contributed by atoms with Crippen LogP contribution in [0, 0.1) is 0 Å². The van der Waals surface area contributed by atoms with Crippen molar-refractivity contribution in [2.24, 2.45) is 4.99 Å². The van der Waals surface area contributed by atoms with Crippen LogP contribution in [0.15, 0.2) is 107 Å². The van der Waals surface area contributed by atoms with E-state index < -0.39 is 0 Å². The number of nitrogens with one attached hydrogen (secondary N) is 2. The Morgan fingerprint density at radius 3 is 2.61 bits per heavy atom. The molecule has 0 saturated heterocycles. The molecule has 1 atom stereocenters. The summed E-state index contributed by atoms with van der Waals surface area (Å²) in [4.78, 5) is 11.5. The second kappa shape index (κ2) is 13.3. The highest BCUT2D eigenvalue weighted by Gasteiger charge is 2.21. The smallest absolute Gasteiger partial charge is 0.145 e. The van der Waals surface area contributed by atoms with E-state index in [1.54, 1.807) is 6.08 Å². The van der Waals surface area contributed by atoms with E-state index in [4.69, 9.17) is 4.99 Å². The molecule has 1 aliphatic rings. The van der Waals surface area contributed by atoms with E-state index in [2.05, 4.69) is 77.9 Å². The lowest BCUT2D eigenvalue weighted by Gasteiger charge is -2.30. The SMILES string of the molecule is C=C/C=C(/N=C1\C(=C(/C)NCc2ccc(-c3ccccn3)cc2)C=C=CN1C(C)C)N[C@H](CC)CO. The molecule has 6 nitrogen and oxygen atoms in total. The van der Waals surface area contributed by atoms with Crippen LogP contribution in [0.2, 0.25) is 0 Å². The molecule has 188 valence electrons. The van der Waals surface area contributed by atoms with Crippen molar-refractivity contribution in [1.82, 2.24) is 20.5 Å². The van der Waals surface area contributed by atoms with E-state index in [0.29, 0.717) is 12.4 Å². The van der Waals surface area contributed by atoms with E-state index in [1.165, 1.54) is 5.56 Å². The number of hydrogen-bond donors (Lipinski definition) is 3. The molecule has 0 unspecified atom stereocenters. The molecule has 1 aromatic heterocycles. The van der Waals surface area contributed by atoms with Crippen LogP contribution in [0.5, 0.6) is 0 Å². The summed E-state index contributed by atoms with van der Waals surface area (Å²) in [5, 5.41) is 16.6. The summed E-state index contributed by atoms with van der Waals surface area (Å²) in [6.07, 6.45) is 10.0. The summed E-state index contributed by atoms with van der Waals surface area (Å²) in [7, 11) is 0. The predicted octanol–water partition coefficient (Wildman–Crippen LogP) is 5.29. The number of aliphatic imine (C=N–C) groups is 1. The summed E-state index contributed by atoms with van der Waals surface area (Å²) in [6, 6.07) is 14.5. The number of aromatic nitrogens is 1. The van der Waals surface area contributed by atoms with Gasteiger partial charge in [0.2, 0.25) is 0 Å². The van der Waals surface area contributed by atoms with Gasteiger partial charge in [-0.2, -0.15) is 0 Å². The molecule has 2 heterocycles. The van der Waals surface area contributed by atoms with Gasteiger partial charge in [0.1, 0.15) is 11.7 Å². The summed E-state index contributed by atoms with van der Waals surface area (Å²) in [6.45, 7) is 12.9. The first-order valence-corrected chi connectivity index (χ1v) is 12.4. The average Bonchev–Trinajstić information content (AvgIpc) is 2.91. The van der Waals surface area contributed by atoms with Gasteiger partial charge in [-0.25, -0.2) is 4.99 Å². The van der Waals surface area contributed by atoms with Crippen LogP contribution in [0.1, 0.15) is 39.7 Å². The lowest BCUT2D eigenvalue weighted by atomic mass is 10.1. The number of hydrogen-bond acceptors (Lipinski definition) is 5. The zero-order valence-corrected chi connectivity index (χ0v) is 21.7. The largest absolute Gasteiger partial charge is 0.394 e. The van der Waals surface area contributed by atoms with Crippen molar-refractivity contribution in [2.75, 3.05) is 6.61 Å². The number of aliphatic hydroxyl groups excluding tert-OH is 1. The maximum atomic E-state index is 9.67. The lowest BCUT2D eigenvalue weighted by molar-refractivity contribution is 0.246. The minimum absolute atomic E-state index is 0.0337. The first-order chi connectivity index (χ1) is 17.5. The number of aliphatic hydroxyl groups is 1. The number of allylic oxidation sites excluding steroid dienone is 3. The predicted molar refractivity (Wildman–Crippen MR) is 149 cm³/mol. The Labute approximate surface area is 215 Å². The maximum absolute atomic E-state index is 9.67. The number of nitrogens with zero attached hydrogens (tertiary/aromatic N) is 3. The van der Waals surface area contributed by atoms with E-state index >= 15 is 0 Å². The molecule has 0 aliphatic carbocycles. The third-order valence-electron chi connectivity index (χ3n) is 5.93. The van der Waals surface area contributed by atoms with Gasteiger partial charge in [-0.15, -0.1) is 5.73 Å². The van der Waals surface area contributed by atoms with E-state index in [-0.39, 0.29) is 18.7 Å². The first kappa shape index (κ1) is 26.7. The Morgan fingerprint density at radius 1 is 1.22 bits per heavy atom. The summed E-state index contributed by atoms with van der Waals surface area (Å²) >= 11 is 0. The van der Waals surface area contributed by atoms with Gasteiger partial charge in [0.25, 0.3) is 0 Å². The van der Waals surface area contributed by atoms with Gasteiger partial charge in [0, 0.05) is 41.8 Å². The number of rotatable bonds is 11. The van der Waals surface area contributed by atoms with Crippen LogP contribution in [0.4, 0.5) is 0 Å². The van der Waals surface area contributed by atoms with Crippen LogP contribution < -0.4 is 10.6 Å². The fourth-order valence-electron chi connectivity index (χ4n) is 3.74. The fraction of sp³-hybridized carbons (Fsp3) is 0.300. The highest BCUT2D eigenvalue weighted by molar-refractivity contribution is 6.03. The van der Waals surface area contributed by atoms with Crippen LogP contribution in [0.25, 0.3) is 11.3 Å². The normalized spacial score (nSPS) is 16.9. The summed E-state index contributed by atoms with van der Waals surface area (Å²) < 4.78 is 0. The molecule has 0 fully saturated rings. The molecular weight excluding hydrogens is 446 g/mol. The highest BCUT2D eigenvalue weighted by Crippen LogP contribution is 2.20. The highest BCUT2D eigenvalue weighted by atomic mass is 16.3. The van der Waals surface area contributed by atoms with Crippen molar-refractivity contribution < 1.29 is 5.11 Å². The Kier molecular flexibility index (Phi) is 9.87. The van der Waals surface area contributed by atoms with Crippen molar-refractivity contribution in [2.45, 2.75) is 52.7 Å². The minimum atomic E-state index is -0.0802. The van der Waals surface area contributed by atoms with Gasteiger partial charge in [-0.1, -0.05) is 49.9 Å². The molecule has 3 rings (SSSR count). The topological polar surface area (TPSA) is 72.8 Å². The first-order valence-electron chi connectivity index (χ1n) is 12.4. The molecule has 0 saturated carbocycles. The number of pyridine rings is 1. The maximum Gasteiger partial charge on any atom is 0.145 e. The average molecular weight is 484 g/mol. The quantitative estimate of drug-likeness (QED) is 0.299. The summed E-state index contributed by atoms with van der Waals surface area (Å²) in [5.41, 5.74) is 8.46. The molecule has 0 amide bonds. The zero-order valence-electron chi connectivity index (χ0n) is 21.7. The minimum Gasteiger partial charge on any atom is -0.394 e. The van der Waals surface area contributed by atoms with Crippen molar-refractivity contribution >= 4 is 5.84 Å². The van der Waals surface area contributed by atoms with E-state index in [9.17, 15) is 5.11 Å².